The molecule has 0 aliphatic carbocycles. The predicted molar refractivity (Wildman–Crippen MR) is 209 cm³/mol. The zero-order valence-electron chi connectivity index (χ0n) is 32.7. The highest BCUT2D eigenvalue weighted by atomic mass is 16.5. The van der Waals surface area contributed by atoms with Gasteiger partial charge in [0.15, 0.2) is 0 Å². The van der Waals surface area contributed by atoms with Crippen molar-refractivity contribution in [1.82, 2.24) is 0 Å². The zero-order valence-corrected chi connectivity index (χ0v) is 32.7. The number of hydrogen-bond donors (Lipinski definition) is 0. The number of rotatable bonds is 30. The lowest BCUT2D eigenvalue weighted by Crippen LogP contribution is -2.37. The van der Waals surface area contributed by atoms with E-state index >= 15 is 0 Å². The van der Waals surface area contributed by atoms with Crippen LogP contribution in [0.2, 0.25) is 0 Å². The van der Waals surface area contributed by atoms with Gasteiger partial charge in [-0.3, -0.25) is 4.79 Å². The molecule has 0 saturated carbocycles. The first-order chi connectivity index (χ1) is 23.3. The molecule has 1 heterocycles. The molecule has 1 atom stereocenters. The average Bonchev–Trinajstić information content (AvgIpc) is 3.08. The molecule has 276 valence electrons. The van der Waals surface area contributed by atoms with Crippen LogP contribution in [0.15, 0.2) is 12.7 Å². The van der Waals surface area contributed by atoms with E-state index in [-0.39, 0.29) is 11.6 Å². The Bertz CT molecular complexity index is 1010. The van der Waals surface area contributed by atoms with Crippen LogP contribution < -0.4 is 9.47 Å². The van der Waals surface area contributed by atoms with Crippen LogP contribution >= 0.6 is 0 Å². The Morgan fingerprint density at radius 3 is 1.62 bits per heavy atom. The summed E-state index contributed by atoms with van der Waals surface area (Å²) in [6.07, 6.45) is 40.3. The van der Waals surface area contributed by atoms with Gasteiger partial charge in [0.05, 0.1) is 0 Å². The molecule has 0 spiro atoms. The number of carbonyl (C=O) groups is 1. The van der Waals surface area contributed by atoms with Crippen LogP contribution in [-0.4, -0.2) is 11.6 Å². The molecule has 0 aromatic heterocycles. The van der Waals surface area contributed by atoms with Crippen LogP contribution in [0.4, 0.5) is 0 Å². The molecule has 1 aliphatic rings. The van der Waals surface area contributed by atoms with Gasteiger partial charge in [0.2, 0.25) is 0 Å². The van der Waals surface area contributed by atoms with E-state index in [0.717, 1.165) is 66.7 Å². The van der Waals surface area contributed by atoms with Crippen molar-refractivity contribution in [2.75, 3.05) is 0 Å². The normalized spacial score (nSPS) is 15.7. The maximum atomic E-state index is 12.9. The van der Waals surface area contributed by atoms with Crippen molar-refractivity contribution < 1.29 is 14.3 Å². The van der Waals surface area contributed by atoms with Gasteiger partial charge in [-0.25, -0.2) is 0 Å². The summed E-state index contributed by atoms with van der Waals surface area (Å²) < 4.78 is 12.8. The van der Waals surface area contributed by atoms with E-state index in [9.17, 15) is 4.79 Å². The average molecular weight is 667 g/mol. The quantitative estimate of drug-likeness (QED) is 0.0355. The maximum Gasteiger partial charge on any atom is 0.311 e. The highest BCUT2D eigenvalue weighted by Crippen LogP contribution is 2.45. The molecule has 0 bridgehead atoms. The van der Waals surface area contributed by atoms with Crippen LogP contribution in [-0.2, 0) is 11.2 Å². The molecule has 0 radical (unpaired) electrons. The van der Waals surface area contributed by atoms with Crippen LogP contribution in [0.3, 0.4) is 0 Å². The van der Waals surface area contributed by atoms with Gasteiger partial charge in [0.25, 0.3) is 0 Å². The highest BCUT2D eigenvalue weighted by molar-refractivity contribution is 5.74. The lowest BCUT2D eigenvalue weighted by atomic mass is 9.84. The SMILES string of the molecule is C=CCCCCCCCCCCCCCC(=O)Oc1c(C)c(C)c2c(c1C)CCC(C)(CCCCCCCCCCCCCCCC)O2. The first-order valence-electron chi connectivity index (χ1n) is 21.0. The topological polar surface area (TPSA) is 35.5 Å². The van der Waals surface area contributed by atoms with Crippen molar-refractivity contribution in [1.29, 1.82) is 0 Å². The largest absolute Gasteiger partial charge is 0.487 e. The number of benzene rings is 1. The van der Waals surface area contributed by atoms with Gasteiger partial charge < -0.3 is 9.47 Å². The van der Waals surface area contributed by atoms with E-state index in [0.29, 0.717) is 6.42 Å². The molecular weight excluding hydrogens is 588 g/mol. The van der Waals surface area contributed by atoms with Gasteiger partial charge in [-0.1, -0.05) is 154 Å². The highest BCUT2D eigenvalue weighted by Gasteiger charge is 2.34. The van der Waals surface area contributed by atoms with Crippen molar-refractivity contribution in [3.8, 4) is 11.5 Å². The van der Waals surface area contributed by atoms with E-state index < -0.39 is 0 Å². The summed E-state index contributed by atoms with van der Waals surface area (Å²) in [4.78, 5) is 12.9. The zero-order chi connectivity index (χ0) is 34.9. The van der Waals surface area contributed by atoms with Gasteiger partial charge in [-0.2, -0.15) is 0 Å². The molecule has 1 aromatic carbocycles. The first-order valence-corrected chi connectivity index (χ1v) is 21.0. The van der Waals surface area contributed by atoms with E-state index in [1.54, 1.807) is 0 Å². The molecule has 0 saturated heterocycles. The van der Waals surface area contributed by atoms with E-state index in [4.69, 9.17) is 9.47 Å². The van der Waals surface area contributed by atoms with Crippen LogP contribution in [0.1, 0.15) is 222 Å². The third-order valence-electron chi connectivity index (χ3n) is 11.1. The molecule has 1 aromatic rings. The minimum absolute atomic E-state index is 0.0867. The number of ether oxygens (including phenoxy) is 2. The smallest absolute Gasteiger partial charge is 0.311 e. The summed E-state index contributed by atoms with van der Waals surface area (Å²) in [7, 11) is 0. The minimum atomic E-state index is -0.0999. The van der Waals surface area contributed by atoms with E-state index in [1.165, 1.54) is 153 Å². The van der Waals surface area contributed by atoms with Crippen molar-refractivity contribution in [2.24, 2.45) is 0 Å². The fourth-order valence-corrected chi connectivity index (χ4v) is 7.62. The molecule has 3 heteroatoms. The fraction of sp³-hybridized carbons (Fsp3) is 0.800. The van der Waals surface area contributed by atoms with E-state index in [1.807, 2.05) is 6.08 Å². The number of unbranched alkanes of at least 4 members (excludes halogenated alkanes) is 24. The summed E-state index contributed by atoms with van der Waals surface area (Å²) >= 11 is 0. The Morgan fingerprint density at radius 2 is 1.12 bits per heavy atom. The predicted octanol–water partition coefficient (Wildman–Crippen LogP) is 14.7. The summed E-state index contributed by atoms with van der Waals surface area (Å²) in [5.41, 5.74) is 4.44. The summed E-state index contributed by atoms with van der Waals surface area (Å²) in [6.45, 7) is 14.8. The summed E-state index contributed by atoms with van der Waals surface area (Å²) in [5, 5.41) is 0. The molecule has 3 nitrogen and oxygen atoms in total. The van der Waals surface area contributed by atoms with Crippen LogP contribution in [0.5, 0.6) is 11.5 Å². The molecule has 0 fully saturated rings. The van der Waals surface area contributed by atoms with Crippen molar-refractivity contribution in [3.05, 3.63) is 34.9 Å². The second-order valence-electron chi connectivity index (χ2n) is 15.6. The number of fused-ring (bicyclic) bond motifs is 1. The second-order valence-corrected chi connectivity index (χ2v) is 15.6. The third-order valence-corrected chi connectivity index (χ3v) is 11.1. The molecule has 48 heavy (non-hydrogen) atoms. The summed E-state index contributed by atoms with van der Waals surface area (Å²) in [6, 6.07) is 0. The molecule has 0 N–H and O–H groups in total. The van der Waals surface area contributed by atoms with E-state index in [2.05, 4.69) is 41.2 Å². The van der Waals surface area contributed by atoms with Gasteiger partial charge in [-0.05, 0) is 89.3 Å². The molecule has 1 unspecified atom stereocenters. The number of esters is 1. The van der Waals surface area contributed by atoms with Crippen molar-refractivity contribution in [2.45, 2.75) is 233 Å². The Hall–Kier alpha value is -1.77. The minimum Gasteiger partial charge on any atom is -0.487 e. The van der Waals surface area contributed by atoms with Gasteiger partial charge in [0, 0.05) is 12.0 Å². The van der Waals surface area contributed by atoms with Gasteiger partial charge in [0.1, 0.15) is 17.1 Å². The molecular formula is C45H78O3. The summed E-state index contributed by atoms with van der Waals surface area (Å²) in [5.74, 6) is 1.74. The first kappa shape index (κ1) is 42.4. The Labute approximate surface area is 298 Å². The van der Waals surface area contributed by atoms with Crippen molar-refractivity contribution in [3.63, 3.8) is 0 Å². The second kappa shape index (κ2) is 26.1. The lowest BCUT2D eigenvalue weighted by molar-refractivity contribution is -0.134. The molecule has 1 aliphatic heterocycles. The standard InChI is InChI=1S/C45H78O3/c1-7-9-11-13-15-17-19-21-23-25-27-29-31-33-36-45(6)37-35-41-40(5)43(38(3)39(4)44(41)48-45)47-42(46)34-32-30-28-26-24-22-20-18-16-14-12-10-8-2/h8H,2,7,9-37H2,1,3-6H3. The lowest BCUT2D eigenvalue weighted by Gasteiger charge is -2.38. The Morgan fingerprint density at radius 1 is 0.667 bits per heavy atom. The number of allylic oxidation sites excluding steroid dienone is 1. The Balaban J connectivity index is 1.62. The number of carbonyl (C=O) groups excluding carboxylic acids is 1. The fourth-order valence-electron chi connectivity index (χ4n) is 7.62. The maximum absolute atomic E-state index is 12.9. The third kappa shape index (κ3) is 17.2. The van der Waals surface area contributed by atoms with Crippen LogP contribution in [0.25, 0.3) is 0 Å². The van der Waals surface area contributed by atoms with Crippen molar-refractivity contribution >= 4 is 5.97 Å². The van der Waals surface area contributed by atoms with Crippen LogP contribution in [0, 0.1) is 20.8 Å². The monoisotopic (exact) mass is 667 g/mol. The molecule has 0 amide bonds. The molecule has 2 rings (SSSR count). The number of hydrogen-bond acceptors (Lipinski definition) is 3. The van der Waals surface area contributed by atoms with Gasteiger partial charge in [-0.15, -0.1) is 6.58 Å². The van der Waals surface area contributed by atoms with Gasteiger partial charge >= 0.3 is 5.97 Å². The Kier molecular flexibility index (Phi) is 23.0.